The zero-order valence-electron chi connectivity index (χ0n) is 13.4. The van der Waals surface area contributed by atoms with Crippen molar-refractivity contribution in [2.75, 3.05) is 7.11 Å². The molecule has 2 aromatic heterocycles. The lowest BCUT2D eigenvalue weighted by Crippen LogP contribution is -2.22. The molecule has 0 aliphatic rings. The Morgan fingerprint density at radius 1 is 1.08 bits per heavy atom. The lowest BCUT2D eigenvalue weighted by atomic mass is 9.98. The summed E-state index contributed by atoms with van der Waals surface area (Å²) in [6.45, 7) is 0. The highest BCUT2D eigenvalue weighted by Crippen LogP contribution is 2.32. The average Bonchev–Trinajstić information content (AvgIpc) is 2.64. The molecule has 0 N–H and O–H groups in total. The molecule has 0 atom stereocenters. The summed E-state index contributed by atoms with van der Waals surface area (Å²) in [4.78, 5) is 16.4. The van der Waals surface area contributed by atoms with E-state index in [2.05, 4.69) is 4.98 Å². The number of rotatable bonds is 3. The van der Waals surface area contributed by atoms with Gasteiger partial charge in [-0.1, -0.05) is 12.1 Å². The van der Waals surface area contributed by atoms with Crippen molar-refractivity contribution in [1.29, 1.82) is 5.26 Å². The third-order valence-electron chi connectivity index (χ3n) is 3.89. The molecule has 0 saturated heterocycles. The zero-order valence-corrected chi connectivity index (χ0v) is 13.4. The van der Waals surface area contributed by atoms with Gasteiger partial charge in [0.25, 0.3) is 5.56 Å². The van der Waals surface area contributed by atoms with Crippen LogP contribution in [0.25, 0.3) is 22.4 Å². The highest BCUT2D eigenvalue weighted by molar-refractivity contribution is 5.82. The van der Waals surface area contributed by atoms with Crippen molar-refractivity contribution >= 4 is 0 Å². The molecule has 0 aliphatic carbocycles. The van der Waals surface area contributed by atoms with Gasteiger partial charge in [-0.25, -0.2) is 0 Å². The van der Waals surface area contributed by atoms with Crippen molar-refractivity contribution in [3.63, 3.8) is 0 Å². The lowest BCUT2D eigenvalue weighted by Gasteiger charge is -2.15. The summed E-state index contributed by atoms with van der Waals surface area (Å²) in [5, 5.41) is 9.26. The monoisotopic (exact) mass is 317 g/mol. The van der Waals surface area contributed by atoms with Gasteiger partial charge >= 0.3 is 0 Å². The minimum Gasteiger partial charge on any atom is -0.497 e. The van der Waals surface area contributed by atoms with Gasteiger partial charge in [0, 0.05) is 30.6 Å². The van der Waals surface area contributed by atoms with Crippen molar-refractivity contribution in [3.05, 3.63) is 70.8 Å². The van der Waals surface area contributed by atoms with Gasteiger partial charge in [0.2, 0.25) is 0 Å². The van der Waals surface area contributed by atoms with E-state index in [4.69, 9.17) is 4.74 Å². The molecule has 5 nitrogen and oxygen atoms in total. The number of nitrogens with zero attached hydrogens (tertiary/aromatic N) is 3. The topological polar surface area (TPSA) is 67.9 Å². The predicted octanol–water partition coefficient (Wildman–Crippen LogP) is 2.99. The standard InChI is InChI=1S/C19H15N3O2/c1-22-18(14-7-9-21-10-8-14)17(11-15(12-20)19(22)23)13-3-5-16(24-2)6-4-13/h3-11H,1-2H3. The smallest absolute Gasteiger partial charge is 0.268 e. The number of methoxy groups -OCH3 is 1. The number of benzene rings is 1. The van der Waals surface area contributed by atoms with Crippen LogP contribution in [0, 0.1) is 11.3 Å². The molecule has 0 unspecified atom stereocenters. The van der Waals surface area contributed by atoms with Gasteiger partial charge in [-0.3, -0.25) is 9.78 Å². The molecule has 0 bridgehead atoms. The molecule has 0 aliphatic heterocycles. The van der Waals surface area contributed by atoms with Crippen LogP contribution in [0.4, 0.5) is 0 Å². The number of nitriles is 1. The van der Waals surface area contributed by atoms with Crippen LogP contribution in [0.3, 0.4) is 0 Å². The minimum atomic E-state index is -0.318. The van der Waals surface area contributed by atoms with Crippen LogP contribution >= 0.6 is 0 Å². The van der Waals surface area contributed by atoms with Crippen LogP contribution in [0.15, 0.2) is 59.7 Å². The van der Waals surface area contributed by atoms with Gasteiger partial charge in [-0.2, -0.15) is 5.26 Å². The fourth-order valence-electron chi connectivity index (χ4n) is 2.67. The Kier molecular flexibility index (Phi) is 4.13. The van der Waals surface area contributed by atoms with E-state index in [9.17, 15) is 10.1 Å². The number of pyridine rings is 2. The molecule has 1 aromatic carbocycles. The van der Waals surface area contributed by atoms with E-state index in [1.165, 1.54) is 4.57 Å². The van der Waals surface area contributed by atoms with Crippen LogP contribution in [0.2, 0.25) is 0 Å². The first-order chi connectivity index (χ1) is 11.7. The second-order valence-electron chi connectivity index (χ2n) is 5.26. The average molecular weight is 317 g/mol. The minimum absolute atomic E-state index is 0.112. The largest absolute Gasteiger partial charge is 0.497 e. The van der Waals surface area contributed by atoms with Gasteiger partial charge < -0.3 is 9.30 Å². The molecule has 0 amide bonds. The number of aromatic nitrogens is 2. The van der Waals surface area contributed by atoms with Crippen LogP contribution in [-0.4, -0.2) is 16.7 Å². The maximum atomic E-state index is 12.4. The third kappa shape index (κ3) is 2.66. The fraction of sp³-hybridized carbons (Fsp3) is 0.105. The van der Waals surface area contributed by atoms with E-state index in [1.807, 2.05) is 42.5 Å². The van der Waals surface area contributed by atoms with Crippen molar-refractivity contribution in [2.45, 2.75) is 0 Å². The van der Waals surface area contributed by atoms with E-state index in [0.717, 1.165) is 28.1 Å². The van der Waals surface area contributed by atoms with Gasteiger partial charge in [0.1, 0.15) is 17.4 Å². The highest BCUT2D eigenvalue weighted by atomic mass is 16.5. The Hall–Kier alpha value is -3.39. The predicted molar refractivity (Wildman–Crippen MR) is 91.6 cm³/mol. The fourth-order valence-corrected chi connectivity index (χ4v) is 2.67. The molecule has 0 spiro atoms. The Balaban J connectivity index is 2.32. The molecular weight excluding hydrogens is 302 g/mol. The number of ether oxygens (including phenoxy) is 1. The van der Waals surface area contributed by atoms with Gasteiger partial charge in [0.15, 0.2) is 0 Å². The molecule has 0 radical (unpaired) electrons. The maximum absolute atomic E-state index is 12.4. The summed E-state index contributed by atoms with van der Waals surface area (Å²) in [5.41, 5.74) is 3.10. The summed E-state index contributed by atoms with van der Waals surface area (Å²) in [7, 11) is 3.28. The quantitative estimate of drug-likeness (QED) is 0.744. The van der Waals surface area contributed by atoms with Gasteiger partial charge in [-0.15, -0.1) is 0 Å². The Bertz CT molecular complexity index is 968. The van der Waals surface area contributed by atoms with Gasteiger partial charge in [0.05, 0.1) is 12.8 Å². The molecule has 24 heavy (non-hydrogen) atoms. The highest BCUT2D eigenvalue weighted by Gasteiger charge is 2.15. The summed E-state index contributed by atoms with van der Waals surface area (Å²) in [6, 6.07) is 14.8. The van der Waals surface area contributed by atoms with Gasteiger partial charge in [-0.05, 0) is 35.9 Å². The molecule has 3 rings (SSSR count). The molecule has 5 heteroatoms. The van der Waals surface area contributed by atoms with Crippen molar-refractivity contribution in [1.82, 2.24) is 9.55 Å². The maximum Gasteiger partial charge on any atom is 0.268 e. The summed E-state index contributed by atoms with van der Waals surface area (Å²) < 4.78 is 6.70. The Morgan fingerprint density at radius 2 is 1.75 bits per heavy atom. The van der Waals surface area contributed by atoms with Crippen LogP contribution < -0.4 is 10.3 Å². The molecule has 0 saturated carbocycles. The van der Waals surface area contributed by atoms with Crippen LogP contribution in [0.1, 0.15) is 5.56 Å². The zero-order chi connectivity index (χ0) is 17.1. The van der Waals surface area contributed by atoms with E-state index in [1.54, 1.807) is 32.6 Å². The Morgan fingerprint density at radius 3 is 2.33 bits per heavy atom. The van der Waals surface area contributed by atoms with Crippen LogP contribution in [-0.2, 0) is 7.05 Å². The van der Waals surface area contributed by atoms with Crippen LogP contribution in [0.5, 0.6) is 5.75 Å². The van der Waals surface area contributed by atoms with Crippen molar-refractivity contribution in [3.8, 4) is 34.2 Å². The summed E-state index contributed by atoms with van der Waals surface area (Å²) in [6.07, 6.45) is 3.35. The van der Waals surface area contributed by atoms with E-state index in [0.29, 0.717) is 0 Å². The second kappa shape index (κ2) is 6.39. The molecule has 3 aromatic rings. The first-order valence-electron chi connectivity index (χ1n) is 7.34. The van der Waals surface area contributed by atoms with E-state index >= 15 is 0 Å². The molecular formula is C19H15N3O2. The SMILES string of the molecule is COc1ccc(-c2cc(C#N)c(=O)n(C)c2-c2ccncc2)cc1. The molecule has 118 valence electrons. The van der Waals surface area contributed by atoms with E-state index in [-0.39, 0.29) is 11.1 Å². The summed E-state index contributed by atoms with van der Waals surface area (Å²) in [5.74, 6) is 0.745. The van der Waals surface area contributed by atoms with Crippen molar-refractivity contribution in [2.24, 2.45) is 7.05 Å². The second-order valence-corrected chi connectivity index (χ2v) is 5.26. The molecule has 0 fully saturated rings. The van der Waals surface area contributed by atoms with E-state index < -0.39 is 0 Å². The Labute approximate surface area is 139 Å². The van der Waals surface area contributed by atoms with Crippen molar-refractivity contribution < 1.29 is 4.74 Å². The number of hydrogen-bond donors (Lipinski definition) is 0. The third-order valence-corrected chi connectivity index (χ3v) is 3.89. The molecule has 2 heterocycles. The summed E-state index contributed by atoms with van der Waals surface area (Å²) >= 11 is 0. The lowest BCUT2D eigenvalue weighted by molar-refractivity contribution is 0.415. The normalized spacial score (nSPS) is 10.2. The number of hydrogen-bond acceptors (Lipinski definition) is 4. The first kappa shape index (κ1) is 15.5. The first-order valence-corrected chi connectivity index (χ1v) is 7.34.